The number of anilines is 1. The third kappa shape index (κ3) is 2.23. The van der Waals surface area contributed by atoms with E-state index >= 15 is 0 Å². The van der Waals surface area contributed by atoms with E-state index in [9.17, 15) is 4.79 Å². The maximum atomic E-state index is 11.0. The summed E-state index contributed by atoms with van der Waals surface area (Å²) in [5.74, 6) is 0.0258. The molecule has 1 rings (SSSR count). The van der Waals surface area contributed by atoms with Crippen molar-refractivity contribution >= 4 is 23.4 Å². The van der Waals surface area contributed by atoms with Gasteiger partial charge in [-0.2, -0.15) is 0 Å². The van der Waals surface area contributed by atoms with Gasteiger partial charge in [-0.1, -0.05) is 5.16 Å². The lowest BCUT2D eigenvalue weighted by molar-refractivity contribution is -0.115. The second kappa shape index (κ2) is 3.58. The number of nitrogens with one attached hydrogen (secondary N) is 1. The molecule has 1 amide bonds. The molecule has 0 unspecified atom stereocenters. The van der Waals surface area contributed by atoms with Gasteiger partial charge in [0.25, 0.3) is 0 Å². The number of aromatic nitrogens is 1. The van der Waals surface area contributed by atoms with Gasteiger partial charge in [-0.15, -0.1) is 11.6 Å². The highest BCUT2D eigenvalue weighted by Gasteiger charge is 2.11. The Morgan fingerprint density at radius 2 is 2.50 bits per heavy atom. The molecule has 0 bridgehead atoms. The van der Waals surface area contributed by atoms with E-state index in [1.807, 2.05) is 0 Å². The van der Waals surface area contributed by atoms with Gasteiger partial charge in [-0.3, -0.25) is 10.1 Å². The topological polar surface area (TPSA) is 55.1 Å². The predicted octanol–water partition coefficient (Wildman–Crippen LogP) is 1.55. The number of hydrogen-bond acceptors (Lipinski definition) is 3. The Bertz CT molecular complexity index is 283. The molecule has 0 fully saturated rings. The van der Waals surface area contributed by atoms with E-state index in [-0.39, 0.29) is 5.91 Å². The molecule has 1 N–H and O–H groups in total. The van der Waals surface area contributed by atoms with Crippen LogP contribution in [0.4, 0.5) is 5.88 Å². The van der Waals surface area contributed by atoms with Crippen molar-refractivity contribution in [1.29, 1.82) is 0 Å². The summed E-state index contributed by atoms with van der Waals surface area (Å²) in [4.78, 5) is 11.0. The van der Waals surface area contributed by atoms with Crippen molar-refractivity contribution in [1.82, 2.24) is 5.16 Å². The lowest BCUT2D eigenvalue weighted by Crippen LogP contribution is -2.19. The number of nitrogens with zero attached hydrogens (tertiary/aromatic N) is 1. The van der Waals surface area contributed by atoms with E-state index in [1.54, 1.807) is 19.9 Å². The van der Waals surface area contributed by atoms with Crippen molar-refractivity contribution in [2.45, 2.75) is 19.2 Å². The molecule has 66 valence electrons. The molecule has 0 radical (unpaired) electrons. The molecule has 1 heterocycles. The van der Waals surface area contributed by atoms with Crippen LogP contribution >= 0.6 is 11.6 Å². The monoisotopic (exact) mass is 188 g/mol. The smallest absolute Gasteiger partial charge is 0.244 e. The van der Waals surface area contributed by atoms with Gasteiger partial charge < -0.3 is 4.52 Å². The van der Waals surface area contributed by atoms with Crippen LogP contribution in [0.5, 0.6) is 0 Å². The Labute approximate surface area is 74.9 Å². The standard InChI is InChI=1S/C7H9ClN2O2/c1-4-3-6(12-10-4)9-7(11)5(2)8/h3,5H,1-2H3,(H,9,11)/t5-/m0/s1. The zero-order valence-corrected chi connectivity index (χ0v) is 7.55. The number of alkyl halides is 1. The Morgan fingerprint density at radius 3 is 2.92 bits per heavy atom. The minimum Gasteiger partial charge on any atom is -0.338 e. The average Bonchev–Trinajstić information content (AvgIpc) is 2.35. The second-order valence-corrected chi connectivity index (χ2v) is 3.09. The number of rotatable bonds is 2. The van der Waals surface area contributed by atoms with Crippen LogP contribution in [0, 0.1) is 6.92 Å². The molecule has 0 aromatic carbocycles. The predicted molar refractivity (Wildman–Crippen MR) is 45.2 cm³/mol. The molecule has 1 aromatic rings. The SMILES string of the molecule is Cc1cc(NC(=O)[C@H](C)Cl)on1. The van der Waals surface area contributed by atoms with E-state index in [2.05, 4.69) is 10.5 Å². The lowest BCUT2D eigenvalue weighted by atomic mass is 10.4. The van der Waals surface area contributed by atoms with Gasteiger partial charge in [-0.25, -0.2) is 0 Å². The largest absolute Gasteiger partial charge is 0.338 e. The fourth-order valence-corrected chi connectivity index (χ4v) is 0.698. The summed E-state index contributed by atoms with van der Waals surface area (Å²) < 4.78 is 4.74. The number of carbonyl (C=O) groups is 1. The van der Waals surface area contributed by atoms with Crippen LogP contribution in [0.15, 0.2) is 10.6 Å². The molecule has 12 heavy (non-hydrogen) atoms. The van der Waals surface area contributed by atoms with Crippen LogP contribution in [0.25, 0.3) is 0 Å². The first-order valence-electron chi connectivity index (χ1n) is 3.48. The molecule has 1 aromatic heterocycles. The van der Waals surface area contributed by atoms with Crippen molar-refractivity contribution in [3.63, 3.8) is 0 Å². The van der Waals surface area contributed by atoms with E-state index in [0.29, 0.717) is 11.6 Å². The molecule has 0 aliphatic carbocycles. The normalized spacial score (nSPS) is 12.6. The zero-order chi connectivity index (χ0) is 9.14. The first kappa shape index (κ1) is 9.06. The molecule has 0 saturated carbocycles. The van der Waals surface area contributed by atoms with Gasteiger partial charge in [0.1, 0.15) is 5.38 Å². The number of aryl methyl sites for hydroxylation is 1. The first-order valence-corrected chi connectivity index (χ1v) is 3.91. The van der Waals surface area contributed by atoms with E-state index in [0.717, 1.165) is 0 Å². The summed E-state index contributed by atoms with van der Waals surface area (Å²) in [5.41, 5.74) is 0.715. The molecular formula is C7H9ClN2O2. The van der Waals surface area contributed by atoms with Crippen LogP contribution in [-0.2, 0) is 4.79 Å². The quantitative estimate of drug-likeness (QED) is 0.717. The number of hydrogen-bond donors (Lipinski definition) is 1. The lowest BCUT2D eigenvalue weighted by Gasteiger charge is -2.00. The summed E-state index contributed by atoms with van der Waals surface area (Å²) >= 11 is 5.51. The maximum Gasteiger partial charge on any atom is 0.244 e. The van der Waals surface area contributed by atoms with Gasteiger partial charge >= 0.3 is 0 Å². The van der Waals surface area contributed by atoms with Gasteiger partial charge in [0.05, 0.1) is 5.69 Å². The highest BCUT2D eigenvalue weighted by atomic mass is 35.5. The summed E-state index contributed by atoms with van der Waals surface area (Å²) in [6.45, 7) is 3.35. The third-order valence-corrected chi connectivity index (χ3v) is 1.43. The average molecular weight is 189 g/mol. The van der Waals surface area contributed by atoms with E-state index in [1.165, 1.54) is 0 Å². The fourth-order valence-electron chi connectivity index (χ4n) is 0.643. The van der Waals surface area contributed by atoms with Crippen LogP contribution in [0.3, 0.4) is 0 Å². The van der Waals surface area contributed by atoms with Crippen molar-refractivity contribution in [2.75, 3.05) is 5.32 Å². The van der Waals surface area contributed by atoms with E-state index in [4.69, 9.17) is 16.1 Å². The Hall–Kier alpha value is -1.03. The number of carbonyl (C=O) groups excluding carboxylic acids is 1. The fraction of sp³-hybridized carbons (Fsp3) is 0.429. The molecule has 0 aliphatic heterocycles. The number of amides is 1. The minimum atomic E-state index is -0.574. The number of halogens is 1. The second-order valence-electron chi connectivity index (χ2n) is 2.44. The van der Waals surface area contributed by atoms with Gasteiger partial charge in [0.2, 0.25) is 11.8 Å². The summed E-state index contributed by atoms with van der Waals surface area (Å²) in [7, 11) is 0. The van der Waals surface area contributed by atoms with Crippen LogP contribution < -0.4 is 5.32 Å². The summed E-state index contributed by atoms with van der Waals surface area (Å²) in [5, 5.41) is 5.48. The Kier molecular flexibility index (Phi) is 2.70. The van der Waals surface area contributed by atoms with Gasteiger partial charge in [-0.05, 0) is 13.8 Å². The molecule has 1 atom stereocenters. The summed E-state index contributed by atoms with van der Waals surface area (Å²) in [6, 6.07) is 1.62. The van der Waals surface area contributed by atoms with Crippen LogP contribution in [0.2, 0.25) is 0 Å². The Balaban J connectivity index is 2.58. The Morgan fingerprint density at radius 1 is 1.83 bits per heavy atom. The highest BCUT2D eigenvalue weighted by molar-refractivity contribution is 6.32. The zero-order valence-electron chi connectivity index (χ0n) is 6.80. The van der Waals surface area contributed by atoms with Crippen molar-refractivity contribution < 1.29 is 9.32 Å². The highest BCUT2D eigenvalue weighted by Crippen LogP contribution is 2.09. The molecule has 5 heteroatoms. The maximum absolute atomic E-state index is 11.0. The molecule has 4 nitrogen and oxygen atoms in total. The molecule has 0 spiro atoms. The van der Waals surface area contributed by atoms with Gasteiger partial charge in [0, 0.05) is 6.07 Å². The molecule has 0 saturated heterocycles. The van der Waals surface area contributed by atoms with Gasteiger partial charge in [0.15, 0.2) is 0 Å². The molecular weight excluding hydrogens is 180 g/mol. The molecule has 0 aliphatic rings. The van der Waals surface area contributed by atoms with Crippen LogP contribution in [0.1, 0.15) is 12.6 Å². The minimum absolute atomic E-state index is 0.298. The van der Waals surface area contributed by atoms with Crippen molar-refractivity contribution in [3.05, 3.63) is 11.8 Å². The third-order valence-electron chi connectivity index (χ3n) is 1.24. The summed E-state index contributed by atoms with van der Waals surface area (Å²) in [6.07, 6.45) is 0. The van der Waals surface area contributed by atoms with E-state index < -0.39 is 5.38 Å². The van der Waals surface area contributed by atoms with Crippen molar-refractivity contribution in [3.8, 4) is 0 Å². The van der Waals surface area contributed by atoms with Crippen LogP contribution in [-0.4, -0.2) is 16.4 Å². The van der Waals surface area contributed by atoms with Crippen molar-refractivity contribution in [2.24, 2.45) is 0 Å². The first-order chi connectivity index (χ1) is 5.59.